The summed E-state index contributed by atoms with van der Waals surface area (Å²) in [5, 5.41) is 10.7. The van der Waals surface area contributed by atoms with Gasteiger partial charge < -0.3 is 5.11 Å². The number of hydrogen-bond donors (Lipinski definition) is 1. The van der Waals surface area contributed by atoms with Gasteiger partial charge in [0, 0.05) is 29.4 Å². The molecular weight excluding hydrogens is 306 g/mol. The van der Waals surface area contributed by atoms with Gasteiger partial charge in [0.05, 0.1) is 28.4 Å². The van der Waals surface area contributed by atoms with Gasteiger partial charge >= 0.3 is 5.97 Å². The second kappa shape index (κ2) is 5.27. The number of benzene rings is 1. The monoisotopic (exact) mass is 317 g/mol. The van der Waals surface area contributed by atoms with Crippen LogP contribution in [0.2, 0.25) is 0 Å². The molecule has 4 rings (SSSR count). The molecule has 0 fully saturated rings. The topological polar surface area (TPSA) is 85.1 Å². The lowest BCUT2D eigenvalue weighted by atomic mass is 10.1. The molecule has 0 unspecified atom stereocenters. The van der Waals surface area contributed by atoms with Crippen LogP contribution in [-0.4, -0.2) is 31.5 Å². The maximum absolute atomic E-state index is 12.9. The zero-order chi connectivity index (χ0) is 16.7. The van der Waals surface area contributed by atoms with E-state index in [4.69, 9.17) is 0 Å². The zero-order valence-corrected chi connectivity index (χ0v) is 12.4. The van der Waals surface area contributed by atoms with E-state index in [1.54, 1.807) is 53.5 Å². The fourth-order valence-electron chi connectivity index (χ4n) is 2.84. The van der Waals surface area contributed by atoms with Crippen LogP contribution in [-0.2, 0) is 0 Å². The Hall–Kier alpha value is -3.54. The maximum atomic E-state index is 12.9. The lowest BCUT2D eigenvalue weighted by Gasteiger charge is -2.05. The molecule has 0 radical (unpaired) electrons. The van der Waals surface area contributed by atoms with Gasteiger partial charge in [-0.3, -0.25) is 19.3 Å². The number of rotatable bonds is 2. The molecule has 0 aliphatic carbocycles. The van der Waals surface area contributed by atoms with Gasteiger partial charge in [-0.05, 0) is 36.4 Å². The van der Waals surface area contributed by atoms with Crippen LogP contribution in [0.1, 0.15) is 20.7 Å². The SMILES string of the molecule is O=C(O)c1ccc2c(c1)c1ccncc1n2C(=O)c1cccnc1. The van der Waals surface area contributed by atoms with Crippen molar-refractivity contribution < 1.29 is 14.7 Å². The Morgan fingerprint density at radius 3 is 2.46 bits per heavy atom. The Balaban J connectivity index is 2.07. The summed E-state index contributed by atoms with van der Waals surface area (Å²) in [6.07, 6.45) is 6.32. The first-order valence-corrected chi connectivity index (χ1v) is 7.23. The van der Waals surface area contributed by atoms with Gasteiger partial charge in [0.15, 0.2) is 0 Å². The Labute approximate surface area is 136 Å². The zero-order valence-electron chi connectivity index (χ0n) is 12.4. The van der Waals surface area contributed by atoms with Crippen LogP contribution in [0, 0.1) is 0 Å². The Bertz CT molecular complexity index is 1100. The molecule has 6 nitrogen and oxygen atoms in total. The van der Waals surface area contributed by atoms with E-state index in [-0.39, 0.29) is 11.5 Å². The summed E-state index contributed by atoms with van der Waals surface area (Å²) in [5.74, 6) is -1.25. The Morgan fingerprint density at radius 2 is 1.71 bits per heavy atom. The summed E-state index contributed by atoms with van der Waals surface area (Å²) in [6, 6.07) is 9.87. The highest BCUT2D eigenvalue weighted by Crippen LogP contribution is 2.30. The van der Waals surface area contributed by atoms with Gasteiger partial charge in [0.1, 0.15) is 0 Å². The second-order valence-electron chi connectivity index (χ2n) is 5.31. The first-order chi connectivity index (χ1) is 11.7. The third kappa shape index (κ3) is 2.04. The predicted octanol–water partition coefficient (Wildman–Crippen LogP) is 2.97. The molecule has 24 heavy (non-hydrogen) atoms. The smallest absolute Gasteiger partial charge is 0.335 e. The molecule has 0 amide bonds. The standard InChI is InChI=1S/C18H11N3O3/c22-17(12-2-1-6-19-9-12)21-15-4-3-11(18(23)24)8-14(15)13-5-7-20-10-16(13)21/h1-10H,(H,23,24). The number of carboxylic acid groups (broad SMARTS) is 1. The van der Waals surface area contributed by atoms with Gasteiger partial charge in [-0.1, -0.05) is 0 Å². The highest BCUT2D eigenvalue weighted by atomic mass is 16.4. The van der Waals surface area contributed by atoms with Gasteiger partial charge in [-0.2, -0.15) is 0 Å². The number of fused-ring (bicyclic) bond motifs is 3. The molecule has 0 saturated heterocycles. The quantitative estimate of drug-likeness (QED) is 0.614. The molecule has 1 N–H and O–H groups in total. The predicted molar refractivity (Wildman–Crippen MR) is 88.2 cm³/mol. The molecule has 116 valence electrons. The number of nitrogens with zero attached hydrogens (tertiary/aromatic N) is 3. The summed E-state index contributed by atoms with van der Waals surface area (Å²) < 4.78 is 1.54. The van der Waals surface area contributed by atoms with E-state index < -0.39 is 5.97 Å². The van der Waals surface area contributed by atoms with Crippen molar-refractivity contribution in [3.8, 4) is 0 Å². The van der Waals surface area contributed by atoms with Gasteiger partial charge in [0.25, 0.3) is 5.91 Å². The molecule has 6 heteroatoms. The molecule has 0 atom stereocenters. The third-order valence-electron chi connectivity index (χ3n) is 3.93. The minimum absolute atomic E-state index is 0.173. The molecule has 0 aliphatic heterocycles. The molecule has 0 saturated carbocycles. The first kappa shape index (κ1) is 14.1. The van der Waals surface area contributed by atoms with E-state index in [0.717, 1.165) is 5.39 Å². The van der Waals surface area contributed by atoms with Gasteiger partial charge in [-0.25, -0.2) is 4.79 Å². The van der Waals surface area contributed by atoms with Crippen LogP contribution in [0.15, 0.2) is 61.2 Å². The number of aromatic nitrogens is 3. The van der Waals surface area contributed by atoms with Crippen LogP contribution >= 0.6 is 0 Å². The number of carbonyl (C=O) groups is 2. The van der Waals surface area contributed by atoms with Crippen molar-refractivity contribution in [2.24, 2.45) is 0 Å². The fourth-order valence-corrected chi connectivity index (χ4v) is 2.84. The number of hydrogen-bond acceptors (Lipinski definition) is 4. The summed E-state index contributed by atoms with van der Waals surface area (Å²) >= 11 is 0. The minimum Gasteiger partial charge on any atom is -0.478 e. The largest absolute Gasteiger partial charge is 0.478 e. The van der Waals surface area contributed by atoms with Gasteiger partial charge in [-0.15, -0.1) is 0 Å². The summed E-state index contributed by atoms with van der Waals surface area (Å²) in [6.45, 7) is 0. The Kier molecular flexibility index (Phi) is 3.09. The van der Waals surface area contributed by atoms with Gasteiger partial charge in [0.2, 0.25) is 0 Å². The van der Waals surface area contributed by atoms with Crippen LogP contribution < -0.4 is 0 Å². The maximum Gasteiger partial charge on any atom is 0.335 e. The number of carbonyl (C=O) groups excluding carboxylic acids is 1. The normalized spacial score (nSPS) is 11.0. The van der Waals surface area contributed by atoms with E-state index in [9.17, 15) is 14.7 Å². The van der Waals surface area contributed by atoms with Crippen molar-refractivity contribution in [3.05, 3.63) is 72.3 Å². The fraction of sp³-hybridized carbons (Fsp3) is 0. The van der Waals surface area contributed by atoms with E-state index in [2.05, 4.69) is 9.97 Å². The highest BCUT2D eigenvalue weighted by Gasteiger charge is 2.18. The molecule has 0 bridgehead atoms. The minimum atomic E-state index is -1.01. The van der Waals surface area contributed by atoms with E-state index >= 15 is 0 Å². The first-order valence-electron chi connectivity index (χ1n) is 7.23. The number of aromatic carboxylic acids is 1. The van der Waals surface area contributed by atoms with Crippen molar-refractivity contribution in [2.45, 2.75) is 0 Å². The highest BCUT2D eigenvalue weighted by molar-refractivity contribution is 6.16. The molecule has 0 aliphatic rings. The molecule has 0 spiro atoms. The van der Waals surface area contributed by atoms with Crippen molar-refractivity contribution in [1.82, 2.24) is 14.5 Å². The van der Waals surface area contributed by atoms with E-state index in [1.165, 1.54) is 12.3 Å². The van der Waals surface area contributed by atoms with Crippen LogP contribution in [0.3, 0.4) is 0 Å². The lowest BCUT2D eigenvalue weighted by molar-refractivity contribution is 0.0697. The summed E-state index contributed by atoms with van der Waals surface area (Å²) in [4.78, 5) is 32.3. The summed E-state index contributed by atoms with van der Waals surface area (Å²) in [7, 11) is 0. The molecule has 3 aromatic heterocycles. The third-order valence-corrected chi connectivity index (χ3v) is 3.93. The average molecular weight is 317 g/mol. The second-order valence-corrected chi connectivity index (χ2v) is 5.31. The Morgan fingerprint density at radius 1 is 0.875 bits per heavy atom. The van der Waals surface area contributed by atoms with Crippen molar-refractivity contribution in [1.29, 1.82) is 0 Å². The lowest BCUT2D eigenvalue weighted by Crippen LogP contribution is -2.12. The van der Waals surface area contributed by atoms with Crippen LogP contribution in [0.4, 0.5) is 0 Å². The van der Waals surface area contributed by atoms with Crippen molar-refractivity contribution in [2.75, 3.05) is 0 Å². The van der Waals surface area contributed by atoms with E-state index in [1.807, 2.05) is 0 Å². The molecule has 1 aromatic carbocycles. The number of pyridine rings is 2. The van der Waals surface area contributed by atoms with Crippen LogP contribution in [0.25, 0.3) is 21.8 Å². The molecular formula is C18H11N3O3. The molecule has 3 heterocycles. The van der Waals surface area contributed by atoms with E-state index in [0.29, 0.717) is 22.0 Å². The van der Waals surface area contributed by atoms with Crippen molar-refractivity contribution in [3.63, 3.8) is 0 Å². The molecule has 4 aromatic rings. The van der Waals surface area contributed by atoms with Crippen molar-refractivity contribution >= 4 is 33.7 Å². The van der Waals surface area contributed by atoms with Crippen LogP contribution in [0.5, 0.6) is 0 Å². The number of carboxylic acids is 1. The summed E-state index contributed by atoms with van der Waals surface area (Å²) in [5.41, 5.74) is 1.88. The average Bonchev–Trinajstić information content (AvgIpc) is 2.95.